The number of imidazole rings is 1. The van der Waals surface area contributed by atoms with Crippen molar-refractivity contribution >= 4 is 33.8 Å². The van der Waals surface area contributed by atoms with Gasteiger partial charge in [-0.15, -0.1) is 0 Å². The second-order valence-corrected chi connectivity index (χ2v) is 7.30. The van der Waals surface area contributed by atoms with E-state index in [4.69, 9.17) is 0 Å². The van der Waals surface area contributed by atoms with E-state index >= 15 is 0 Å². The molecule has 0 aliphatic heterocycles. The Balaban J connectivity index is 1.75. The number of para-hydroxylation sites is 2. The van der Waals surface area contributed by atoms with Gasteiger partial charge >= 0.3 is 0 Å². The first kappa shape index (κ1) is 16.3. The summed E-state index contributed by atoms with van der Waals surface area (Å²) in [5.41, 5.74) is 2.58. The Morgan fingerprint density at radius 1 is 1.15 bits per heavy atom. The Bertz CT molecular complexity index is 1130. The molecular formula is C20H19FN4O. The average molecular weight is 350 g/mol. The summed E-state index contributed by atoms with van der Waals surface area (Å²) in [4.78, 5) is 20.3. The number of amides is 1. The second-order valence-electron chi connectivity index (χ2n) is 7.30. The number of aromatic amines is 1. The first-order valence-corrected chi connectivity index (χ1v) is 8.40. The Hall–Kier alpha value is -3.15. The van der Waals surface area contributed by atoms with E-state index in [-0.39, 0.29) is 17.3 Å². The number of fused-ring (bicyclic) bond motifs is 2. The van der Waals surface area contributed by atoms with Gasteiger partial charge in [0.25, 0.3) is 5.91 Å². The van der Waals surface area contributed by atoms with Gasteiger partial charge in [-0.25, -0.2) is 9.37 Å². The molecule has 5 nitrogen and oxygen atoms in total. The molecule has 0 unspecified atom stereocenters. The van der Waals surface area contributed by atoms with E-state index in [1.165, 1.54) is 12.1 Å². The summed E-state index contributed by atoms with van der Waals surface area (Å²) in [6.07, 6.45) is 0. The van der Waals surface area contributed by atoms with E-state index in [2.05, 4.69) is 36.1 Å². The van der Waals surface area contributed by atoms with Crippen molar-refractivity contribution in [2.45, 2.75) is 26.3 Å². The van der Waals surface area contributed by atoms with Crippen molar-refractivity contribution in [1.82, 2.24) is 14.5 Å². The van der Waals surface area contributed by atoms with Gasteiger partial charge < -0.3 is 9.55 Å². The quantitative estimate of drug-likeness (QED) is 0.552. The number of rotatable bonds is 2. The predicted octanol–water partition coefficient (Wildman–Crippen LogP) is 4.66. The van der Waals surface area contributed by atoms with Crippen LogP contribution in [0.3, 0.4) is 0 Å². The predicted molar refractivity (Wildman–Crippen MR) is 101 cm³/mol. The molecule has 0 fully saturated rings. The Morgan fingerprint density at radius 3 is 2.69 bits per heavy atom. The maximum absolute atomic E-state index is 13.4. The van der Waals surface area contributed by atoms with E-state index in [0.29, 0.717) is 22.5 Å². The van der Waals surface area contributed by atoms with E-state index < -0.39 is 0 Å². The molecule has 0 radical (unpaired) electrons. The van der Waals surface area contributed by atoms with Crippen molar-refractivity contribution in [3.05, 3.63) is 60.0 Å². The molecule has 4 aromatic rings. The third-order valence-corrected chi connectivity index (χ3v) is 4.28. The minimum absolute atomic E-state index is 0.262. The topological polar surface area (TPSA) is 62.7 Å². The number of carbonyl (C=O) groups is 1. The molecular weight excluding hydrogens is 331 g/mol. The highest BCUT2D eigenvalue weighted by Gasteiger charge is 2.23. The van der Waals surface area contributed by atoms with Crippen LogP contribution in [-0.4, -0.2) is 20.4 Å². The van der Waals surface area contributed by atoms with Crippen molar-refractivity contribution in [3.8, 4) is 0 Å². The SMILES string of the molecule is CC(C)(C)n1c(NC(=O)c2cc3cc(F)ccc3[nH]2)nc2ccccc21. The number of hydrogen-bond donors (Lipinski definition) is 2. The second kappa shape index (κ2) is 5.69. The number of halogens is 1. The van der Waals surface area contributed by atoms with Crippen LogP contribution in [-0.2, 0) is 5.54 Å². The molecule has 0 spiro atoms. The summed E-state index contributed by atoms with van der Waals surface area (Å²) < 4.78 is 15.4. The maximum Gasteiger partial charge on any atom is 0.274 e. The minimum atomic E-state index is -0.335. The molecule has 0 saturated carbocycles. The monoisotopic (exact) mass is 350 g/mol. The number of carbonyl (C=O) groups excluding carboxylic acids is 1. The van der Waals surface area contributed by atoms with Gasteiger partial charge in [0.15, 0.2) is 0 Å². The fourth-order valence-corrected chi connectivity index (χ4v) is 3.18. The molecule has 0 aliphatic carbocycles. The van der Waals surface area contributed by atoms with Gasteiger partial charge in [-0.05, 0) is 57.2 Å². The number of anilines is 1. The van der Waals surface area contributed by atoms with Crippen molar-refractivity contribution in [1.29, 1.82) is 0 Å². The molecule has 6 heteroatoms. The highest BCUT2D eigenvalue weighted by atomic mass is 19.1. The molecule has 2 aromatic carbocycles. The normalized spacial score (nSPS) is 12.0. The fourth-order valence-electron chi connectivity index (χ4n) is 3.18. The van der Waals surface area contributed by atoms with E-state index in [9.17, 15) is 9.18 Å². The van der Waals surface area contributed by atoms with Gasteiger partial charge in [0.05, 0.1) is 11.0 Å². The molecule has 0 saturated heterocycles. The number of nitrogens with zero attached hydrogens (tertiary/aromatic N) is 2. The Kier molecular flexibility index (Phi) is 3.57. The lowest BCUT2D eigenvalue weighted by Crippen LogP contribution is -2.26. The lowest BCUT2D eigenvalue weighted by atomic mass is 10.1. The molecule has 26 heavy (non-hydrogen) atoms. The van der Waals surface area contributed by atoms with Crippen LogP contribution in [0.4, 0.5) is 10.3 Å². The van der Waals surface area contributed by atoms with Crippen molar-refractivity contribution in [2.75, 3.05) is 5.32 Å². The van der Waals surface area contributed by atoms with Gasteiger partial charge in [0.1, 0.15) is 11.5 Å². The number of hydrogen-bond acceptors (Lipinski definition) is 2. The van der Waals surface area contributed by atoms with Crippen LogP contribution in [0, 0.1) is 5.82 Å². The van der Waals surface area contributed by atoms with Crippen LogP contribution in [0.2, 0.25) is 0 Å². The van der Waals surface area contributed by atoms with Crippen molar-refractivity contribution in [3.63, 3.8) is 0 Å². The first-order valence-electron chi connectivity index (χ1n) is 8.40. The molecule has 2 heterocycles. The molecule has 0 aliphatic rings. The summed E-state index contributed by atoms with van der Waals surface area (Å²) in [6, 6.07) is 13.8. The van der Waals surface area contributed by atoms with Crippen molar-refractivity contribution in [2.24, 2.45) is 0 Å². The van der Waals surface area contributed by atoms with Crippen LogP contribution in [0.15, 0.2) is 48.5 Å². The number of H-pyrrole nitrogens is 1. The largest absolute Gasteiger partial charge is 0.351 e. The molecule has 2 N–H and O–H groups in total. The summed E-state index contributed by atoms with van der Waals surface area (Å²) in [5, 5.41) is 3.54. The van der Waals surface area contributed by atoms with Gasteiger partial charge in [-0.2, -0.15) is 0 Å². The number of benzene rings is 2. The molecule has 2 aromatic heterocycles. The average Bonchev–Trinajstić information content (AvgIpc) is 3.14. The fraction of sp³-hybridized carbons (Fsp3) is 0.200. The van der Waals surface area contributed by atoms with Gasteiger partial charge in [0.2, 0.25) is 5.95 Å². The smallest absolute Gasteiger partial charge is 0.274 e. The van der Waals surface area contributed by atoms with Gasteiger partial charge in [0, 0.05) is 16.4 Å². The van der Waals surface area contributed by atoms with Crippen LogP contribution in [0.1, 0.15) is 31.3 Å². The first-order chi connectivity index (χ1) is 12.3. The Morgan fingerprint density at radius 2 is 1.92 bits per heavy atom. The van der Waals surface area contributed by atoms with Crippen LogP contribution in [0.5, 0.6) is 0 Å². The number of aromatic nitrogens is 3. The lowest BCUT2D eigenvalue weighted by molar-refractivity contribution is 0.102. The van der Waals surface area contributed by atoms with Gasteiger partial charge in [-0.3, -0.25) is 10.1 Å². The summed E-state index contributed by atoms with van der Waals surface area (Å²) in [5.74, 6) is -0.172. The van der Waals surface area contributed by atoms with E-state index in [1.54, 1.807) is 12.1 Å². The van der Waals surface area contributed by atoms with E-state index in [1.807, 2.05) is 28.8 Å². The molecule has 0 atom stereocenters. The Labute approximate surface area is 149 Å². The maximum atomic E-state index is 13.4. The summed E-state index contributed by atoms with van der Waals surface area (Å²) in [6.45, 7) is 6.17. The lowest BCUT2D eigenvalue weighted by Gasteiger charge is -2.24. The zero-order valence-electron chi connectivity index (χ0n) is 14.8. The van der Waals surface area contributed by atoms with E-state index in [0.717, 1.165) is 11.0 Å². The molecule has 0 bridgehead atoms. The summed E-state index contributed by atoms with van der Waals surface area (Å²) >= 11 is 0. The third kappa shape index (κ3) is 2.73. The highest BCUT2D eigenvalue weighted by molar-refractivity contribution is 6.05. The molecule has 1 amide bonds. The zero-order valence-corrected chi connectivity index (χ0v) is 14.8. The minimum Gasteiger partial charge on any atom is -0.351 e. The van der Waals surface area contributed by atoms with Crippen LogP contribution < -0.4 is 5.32 Å². The van der Waals surface area contributed by atoms with Crippen LogP contribution >= 0.6 is 0 Å². The number of nitrogens with one attached hydrogen (secondary N) is 2. The summed E-state index contributed by atoms with van der Waals surface area (Å²) in [7, 11) is 0. The molecule has 132 valence electrons. The third-order valence-electron chi connectivity index (χ3n) is 4.28. The van der Waals surface area contributed by atoms with Crippen LogP contribution in [0.25, 0.3) is 21.9 Å². The highest BCUT2D eigenvalue weighted by Crippen LogP contribution is 2.28. The van der Waals surface area contributed by atoms with Gasteiger partial charge in [-0.1, -0.05) is 12.1 Å². The standard InChI is InChI=1S/C20H19FN4O/c1-20(2,3)25-17-7-5-4-6-15(17)23-19(25)24-18(26)16-11-12-10-13(21)8-9-14(12)22-16/h4-11,22H,1-3H3,(H,23,24,26). The van der Waals surface area contributed by atoms with Crippen molar-refractivity contribution < 1.29 is 9.18 Å². The molecule has 4 rings (SSSR count). The zero-order chi connectivity index (χ0) is 18.5.